The standard InChI is InChI=1S/C13H17F3N2O3/c1-3-12(2,8-19)7-17-10-5-4-9(13(14,15)16)6-11(10)18(20)21/h4-6,17,19H,3,7-8H2,1-2H3. The van der Waals surface area contributed by atoms with E-state index < -0.39 is 27.8 Å². The van der Waals surface area contributed by atoms with Crippen molar-refractivity contribution in [3.8, 4) is 0 Å². The number of nitro groups is 1. The molecule has 0 heterocycles. The van der Waals surface area contributed by atoms with Crippen LogP contribution >= 0.6 is 0 Å². The summed E-state index contributed by atoms with van der Waals surface area (Å²) in [6.07, 6.45) is -4.02. The van der Waals surface area contributed by atoms with E-state index in [-0.39, 0.29) is 18.8 Å². The Morgan fingerprint density at radius 3 is 2.43 bits per heavy atom. The number of rotatable bonds is 6. The van der Waals surface area contributed by atoms with Crippen LogP contribution < -0.4 is 5.32 Å². The van der Waals surface area contributed by atoms with Crippen molar-refractivity contribution in [1.29, 1.82) is 0 Å². The van der Waals surface area contributed by atoms with Crippen molar-refractivity contribution in [3.05, 3.63) is 33.9 Å². The maximum atomic E-state index is 12.6. The number of halogens is 3. The van der Waals surface area contributed by atoms with Gasteiger partial charge in [0.1, 0.15) is 5.69 Å². The molecule has 1 aromatic rings. The number of nitrogens with zero attached hydrogens (tertiary/aromatic N) is 1. The molecule has 1 aromatic carbocycles. The van der Waals surface area contributed by atoms with Crippen molar-refractivity contribution in [2.24, 2.45) is 5.41 Å². The lowest BCUT2D eigenvalue weighted by Gasteiger charge is -2.26. The van der Waals surface area contributed by atoms with Gasteiger partial charge in [-0.2, -0.15) is 13.2 Å². The van der Waals surface area contributed by atoms with Crippen LogP contribution in [0.25, 0.3) is 0 Å². The fourth-order valence-electron chi connectivity index (χ4n) is 1.61. The first kappa shape index (κ1) is 17.2. The SMILES string of the molecule is CCC(C)(CO)CNc1ccc(C(F)(F)F)cc1[N+](=O)[O-]. The summed E-state index contributed by atoms with van der Waals surface area (Å²) in [5.74, 6) is 0. The van der Waals surface area contributed by atoms with Gasteiger partial charge >= 0.3 is 6.18 Å². The van der Waals surface area contributed by atoms with Crippen LogP contribution in [-0.4, -0.2) is 23.2 Å². The first-order valence-electron chi connectivity index (χ1n) is 6.33. The number of nitrogens with one attached hydrogen (secondary N) is 1. The van der Waals surface area contributed by atoms with E-state index in [9.17, 15) is 28.4 Å². The van der Waals surface area contributed by atoms with Gasteiger partial charge in [-0.1, -0.05) is 13.8 Å². The summed E-state index contributed by atoms with van der Waals surface area (Å²) < 4.78 is 37.7. The Morgan fingerprint density at radius 2 is 2.00 bits per heavy atom. The van der Waals surface area contributed by atoms with E-state index in [1.807, 2.05) is 6.92 Å². The van der Waals surface area contributed by atoms with Gasteiger partial charge in [0.05, 0.1) is 17.1 Å². The molecule has 2 N–H and O–H groups in total. The van der Waals surface area contributed by atoms with Crippen molar-refractivity contribution in [3.63, 3.8) is 0 Å². The Balaban J connectivity index is 3.05. The van der Waals surface area contributed by atoms with E-state index in [2.05, 4.69) is 5.32 Å². The van der Waals surface area contributed by atoms with Crippen LogP contribution in [0.2, 0.25) is 0 Å². The van der Waals surface area contributed by atoms with Gasteiger partial charge in [-0.05, 0) is 18.6 Å². The van der Waals surface area contributed by atoms with Crippen molar-refractivity contribution in [2.75, 3.05) is 18.5 Å². The molecule has 21 heavy (non-hydrogen) atoms. The number of hydrogen-bond acceptors (Lipinski definition) is 4. The normalized spacial score (nSPS) is 14.6. The molecule has 0 radical (unpaired) electrons. The molecule has 5 nitrogen and oxygen atoms in total. The molecule has 0 aromatic heterocycles. The number of alkyl halides is 3. The fraction of sp³-hybridized carbons (Fsp3) is 0.538. The summed E-state index contributed by atoms with van der Waals surface area (Å²) in [6.45, 7) is 3.70. The Morgan fingerprint density at radius 1 is 1.38 bits per heavy atom. The number of aliphatic hydroxyl groups is 1. The highest BCUT2D eigenvalue weighted by atomic mass is 19.4. The van der Waals surface area contributed by atoms with E-state index in [4.69, 9.17) is 0 Å². The van der Waals surface area contributed by atoms with Crippen LogP contribution in [0.4, 0.5) is 24.5 Å². The highest BCUT2D eigenvalue weighted by Crippen LogP contribution is 2.35. The van der Waals surface area contributed by atoms with Gasteiger partial charge in [-0.25, -0.2) is 0 Å². The zero-order chi connectivity index (χ0) is 16.3. The number of aliphatic hydroxyl groups excluding tert-OH is 1. The van der Waals surface area contributed by atoms with E-state index in [1.54, 1.807) is 6.92 Å². The van der Waals surface area contributed by atoms with Crippen molar-refractivity contribution < 1.29 is 23.2 Å². The van der Waals surface area contributed by atoms with Crippen LogP contribution in [0.15, 0.2) is 18.2 Å². The lowest BCUT2D eigenvalue weighted by Crippen LogP contribution is -2.29. The predicted molar refractivity (Wildman–Crippen MR) is 72.1 cm³/mol. The Hall–Kier alpha value is -1.83. The third-order valence-corrected chi connectivity index (χ3v) is 3.46. The quantitative estimate of drug-likeness (QED) is 0.623. The summed E-state index contributed by atoms with van der Waals surface area (Å²) in [7, 11) is 0. The summed E-state index contributed by atoms with van der Waals surface area (Å²) in [4.78, 5) is 10.1. The van der Waals surface area contributed by atoms with Crippen LogP contribution in [0.5, 0.6) is 0 Å². The molecule has 1 unspecified atom stereocenters. The van der Waals surface area contributed by atoms with Crippen LogP contribution in [-0.2, 0) is 6.18 Å². The topological polar surface area (TPSA) is 75.4 Å². The zero-order valence-electron chi connectivity index (χ0n) is 11.7. The Kier molecular flexibility index (Phi) is 5.16. The third kappa shape index (κ3) is 4.32. The Labute approximate surface area is 119 Å². The molecule has 0 aliphatic heterocycles. The van der Waals surface area contributed by atoms with E-state index in [0.29, 0.717) is 12.5 Å². The molecule has 0 spiro atoms. The van der Waals surface area contributed by atoms with Crippen molar-refractivity contribution in [2.45, 2.75) is 26.4 Å². The monoisotopic (exact) mass is 306 g/mol. The predicted octanol–water partition coefficient (Wildman–Crippen LogP) is 3.43. The Bertz CT molecular complexity index is 514. The van der Waals surface area contributed by atoms with E-state index >= 15 is 0 Å². The number of anilines is 1. The molecule has 0 amide bonds. The fourth-order valence-corrected chi connectivity index (χ4v) is 1.61. The van der Waals surface area contributed by atoms with Crippen molar-refractivity contribution >= 4 is 11.4 Å². The molecule has 0 aliphatic carbocycles. The molecule has 8 heteroatoms. The van der Waals surface area contributed by atoms with Gasteiger partial charge in [-0.3, -0.25) is 10.1 Å². The van der Waals surface area contributed by atoms with Crippen molar-refractivity contribution in [1.82, 2.24) is 0 Å². The number of hydrogen-bond donors (Lipinski definition) is 2. The van der Waals surface area contributed by atoms with Crippen LogP contribution in [0.3, 0.4) is 0 Å². The lowest BCUT2D eigenvalue weighted by molar-refractivity contribution is -0.384. The third-order valence-electron chi connectivity index (χ3n) is 3.46. The minimum Gasteiger partial charge on any atom is -0.396 e. The van der Waals surface area contributed by atoms with Crippen LogP contribution in [0.1, 0.15) is 25.8 Å². The lowest BCUT2D eigenvalue weighted by atomic mass is 9.88. The second-order valence-electron chi connectivity index (χ2n) is 5.16. The molecule has 0 saturated heterocycles. The molecule has 1 rings (SSSR count). The molecular weight excluding hydrogens is 289 g/mol. The van der Waals surface area contributed by atoms with Gasteiger partial charge in [0.15, 0.2) is 0 Å². The van der Waals surface area contributed by atoms with E-state index in [1.165, 1.54) is 0 Å². The molecule has 0 bridgehead atoms. The maximum absolute atomic E-state index is 12.6. The smallest absolute Gasteiger partial charge is 0.396 e. The highest BCUT2D eigenvalue weighted by molar-refractivity contribution is 5.63. The zero-order valence-corrected chi connectivity index (χ0v) is 11.7. The summed E-state index contributed by atoms with van der Waals surface area (Å²) in [5, 5.41) is 22.9. The van der Waals surface area contributed by atoms with E-state index in [0.717, 1.165) is 12.1 Å². The summed E-state index contributed by atoms with van der Waals surface area (Å²) >= 11 is 0. The maximum Gasteiger partial charge on any atom is 0.416 e. The largest absolute Gasteiger partial charge is 0.416 e. The molecule has 0 saturated carbocycles. The van der Waals surface area contributed by atoms with Gasteiger partial charge in [0.25, 0.3) is 5.69 Å². The summed E-state index contributed by atoms with van der Waals surface area (Å²) in [5.41, 5.74) is -2.21. The minimum atomic E-state index is -4.63. The molecular formula is C13H17F3N2O3. The van der Waals surface area contributed by atoms with Crippen LogP contribution in [0, 0.1) is 15.5 Å². The molecule has 118 valence electrons. The molecule has 1 atom stereocenters. The average molecular weight is 306 g/mol. The van der Waals surface area contributed by atoms with Gasteiger partial charge < -0.3 is 10.4 Å². The second-order valence-corrected chi connectivity index (χ2v) is 5.16. The summed E-state index contributed by atoms with van der Waals surface area (Å²) in [6, 6.07) is 2.33. The van der Waals surface area contributed by atoms with Gasteiger partial charge in [0.2, 0.25) is 0 Å². The highest BCUT2D eigenvalue weighted by Gasteiger charge is 2.33. The number of nitro benzene ring substituents is 1. The first-order valence-corrected chi connectivity index (χ1v) is 6.33. The van der Waals surface area contributed by atoms with Gasteiger partial charge in [0, 0.05) is 18.0 Å². The number of benzene rings is 1. The minimum absolute atomic E-state index is 0.00104. The average Bonchev–Trinajstić information content (AvgIpc) is 2.43. The second kappa shape index (κ2) is 6.30. The molecule has 0 fully saturated rings. The molecule has 0 aliphatic rings. The van der Waals surface area contributed by atoms with Gasteiger partial charge in [-0.15, -0.1) is 0 Å². The first-order chi connectivity index (χ1) is 9.63.